The molecule has 0 aliphatic carbocycles. The Labute approximate surface area is 173 Å². The van der Waals surface area contributed by atoms with Gasteiger partial charge >= 0.3 is 0 Å². The van der Waals surface area contributed by atoms with E-state index in [1.807, 2.05) is 48.5 Å². The fourth-order valence-corrected chi connectivity index (χ4v) is 3.37. The summed E-state index contributed by atoms with van der Waals surface area (Å²) in [5.41, 5.74) is 2.20. The lowest BCUT2D eigenvalue weighted by atomic mass is 10.1. The van der Waals surface area contributed by atoms with Crippen LogP contribution in [0, 0.1) is 0 Å². The first-order valence-corrected chi connectivity index (χ1v) is 9.92. The quantitative estimate of drug-likeness (QED) is 0.684. The number of amides is 1. The molecule has 0 unspecified atom stereocenters. The van der Waals surface area contributed by atoms with Crippen molar-refractivity contribution < 1.29 is 19.0 Å². The van der Waals surface area contributed by atoms with E-state index >= 15 is 0 Å². The summed E-state index contributed by atoms with van der Waals surface area (Å²) in [5, 5.41) is 0. The Balaban J connectivity index is 1.66. The van der Waals surface area contributed by atoms with Crippen molar-refractivity contribution in [1.29, 1.82) is 0 Å². The van der Waals surface area contributed by atoms with Crippen LogP contribution < -0.4 is 9.47 Å². The highest BCUT2D eigenvalue weighted by Gasteiger charge is 2.26. The minimum absolute atomic E-state index is 0.0670. The number of hydrogen-bond donors (Lipinski definition) is 0. The Morgan fingerprint density at radius 2 is 2.00 bits per heavy atom. The van der Waals surface area contributed by atoms with Crippen molar-refractivity contribution in [3.05, 3.63) is 59.7 Å². The van der Waals surface area contributed by atoms with E-state index < -0.39 is 0 Å². The van der Waals surface area contributed by atoms with Crippen LogP contribution in [0.5, 0.6) is 11.5 Å². The van der Waals surface area contributed by atoms with E-state index in [-0.39, 0.29) is 11.9 Å². The molecule has 1 fully saturated rings. The number of rotatable bonds is 8. The number of ether oxygens (including phenoxy) is 3. The summed E-state index contributed by atoms with van der Waals surface area (Å²) >= 11 is 0. The third-order valence-corrected chi connectivity index (χ3v) is 5.14. The highest BCUT2D eigenvalue weighted by Crippen LogP contribution is 2.28. The predicted octanol–water partition coefficient (Wildman–Crippen LogP) is 2.95. The lowest BCUT2D eigenvalue weighted by molar-refractivity contribution is -0.132. The van der Waals surface area contributed by atoms with Crippen LogP contribution in [0.25, 0.3) is 0 Å². The van der Waals surface area contributed by atoms with E-state index in [2.05, 4.69) is 4.90 Å². The average molecular weight is 399 g/mol. The molecule has 1 atom stereocenters. The van der Waals surface area contributed by atoms with Crippen LogP contribution in [-0.4, -0.2) is 62.7 Å². The van der Waals surface area contributed by atoms with Gasteiger partial charge in [0.2, 0.25) is 5.91 Å². The zero-order valence-electron chi connectivity index (χ0n) is 17.5. The van der Waals surface area contributed by atoms with Crippen molar-refractivity contribution in [2.24, 2.45) is 0 Å². The van der Waals surface area contributed by atoms with Gasteiger partial charge in [0.05, 0.1) is 20.3 Å². The summed E-state index contributed by atoms with van der Waals surface area (Å²) in [6, 6.07) is 16.1. The standard InChI is InChI=1S/C23H30N2O4/c1-24(2)23(26)13-20-17-28-12-11-25(20)15-19-9-10-21(14-22(19)27-3)29-16-18-7-5-4-6-8-18/h4-10,14,20H,11-13,15-17H2,1-3H3/t20-/m1/s1. The summed E-state index contributed by atoms with van der Waals surface area (Å²) in [5.74, 6) is 1.68. The van der Waals surface area contributed by atoms with Gasteiger partial charge in [-0.1, -0.05) is 36.4 Å². The molecule has 0 bridgehead atoms. The van der Waals surface area contributed by atoms with E-state index in [9.17, 15) is 4.79 Å². The highest BCUT2D eigenvalue weighted by molar-refractivity contribution is 5.76. The number of nitrogens with zero attached hydrogens (tertiary/aromatic N) is 2. The monoisotopic (exact) mass is 398 g/mol. The second-order valence-electron chi connectivity index (χ2n) is 7.44. The van der Waals surface area contributed by atoms with Crippen molar-refractivity contribution >= 4 is 5.91 Å². The van der Waals surface area contributed by atoms with E-state index in [0.29, 0.717) is 32.8 Å². The van der Waals surface area contributed by atoms with E-state index in [0.717, 1.165) is 29.2 Å². The molecule has 6 heteroatoms. The van der Waals surface area contributed by atoms with E-state index in [1.54, 1.807) is 26.1 Å². The van der Waals surface area contributed by atoms with Gasteiger partial charge in [-0.05, 0) is 11.6 Å². The van der Waals surface area contributed by atoms with Crippen molar-refractivity contribution in [3.63, 3.8) is 0 Å². The first-order valence-electron chi connectivity index (χ1n) is 9.92. The van der Waals surface area contributed by atoms with Gasteiger partial charge in [0.25, 0.3) is 0 Å². The number of benzene rings is 2. The first-order chi connectivity index (χ1) is 14.1. The van der Waals surface area contributed by atoms with Crippen LogP contribution in [0.4, 0.5) is 0 Å². The fraction of sp³-hybridized carbons (Fsp3) is 0.435. The summed E-state index contributed by atoms with van der Waals surface area (Å²) in [6.07, 6.45) is 0.452. The maximum atomic E-state index is 12.2. The molecule has 0 aromatic heterocycles. The Bertz CT molecular complexity index is 795. The van der Waals surface area contributed by atoms with Gasteiger partial charge in [0.1, 0.15) is 18.1 Å². The molecule has 1 aliphatic rings. The molecule has 1 amide bonds. The van der Waals surface area contributed by atoms with Gasteiger partial charge < -0.3 is 19.1 Å². The summed E-state index contributed by atoms with van der Waals surface area (Å²) in [4.78, 5) is 16.1. The molecular weight excluding hydrogens is 368 g/mol. The Kier molecular flexibility index (Phi) is 7.49. The van der Waals surface area contributed by atoms with E-state index in [4.69, 9.17) is 14.2 Å². The highest BCUT2D eigenvalue weighted by atomic mass is 16.5. The third-order valence-electron chi connectivity index (χ3n) is 5.14. The molecule has 2 aromatic carbocycles. The van der Waals surface area contributed by atoms with Gasteiger partial charge in [-0.15, -0.1) is 0 Å². The zero-order chi connectivity index (χ0) is 20.6. The summed E-state index contributed by atoms with van der Waals surface area (Å²) < 4.78 is 17.2. The van der Waals surface area contributed by atoms with Crippen molar-refractivity contribution in [3.8, 4) is 11.5 Å². The molecule has 0 saturated carbocycles. The van der Waals surface area contributed by atoms with Crippen LogP contribution in [0.15, 0.2) is 48.5 Å². The van der Waals surface area contributed by atoms with Gasteiger partial charge in [-0.2, -0.15) is 0 Å². The van der Waals surface area contributed by atoms with Crippen LogP contribution in [0.2, 0.25) is 0 Å². The molecule has 29 heavy (non-hydrogen) atoms. The average Bonchev–Trinajstić information content (AvgIpc) is 2.75. The Morgan fingerprint density at radius 1 is 1.21 bits per heavy atom. The third kappa shape index (κ3) is 5.95. The summed E-state index contributed by atoms with van der Waals surface area (Å²) in [7, 11) is 5.24. The fourth-order valence-electron chi connectivity index (χ4n) is 3.37. The largest absolute Gasteiger partial charge is 0.496 e. The molecule has 0 spiro atoms. The van der Waals surface area contributed by atoms with Crippen LogP contribution >= 0.6 is 0 Å². The smallest absolute Gasteiger partial charge is 0.223 e. The number of carbonyl (C=O) groups is 1. The molecule has 0 N–H and O–H groups in total. The molecule has 0 radical (unpaired) electrons. The molecule has 6 nitrogen and oxygen atoms in total. The molecule has 1 aliphatic heterocycles. The van der Waals surface area contributed by atoms with Crippen LogP contribution in [0.1, 0.15) is 17.5 Å². The van der Waals surface area contributed by atoms with E-state index in [1.165, 1.54) is 0 Å². The van der Waals surface area contributed by atoms with Gasteiger partial charge in [0.15, 0.2) is 0 Å². The maximum Gasteiger partial charge on any atom is 0.223 e. The van der Waals surface area contributed by atoms with Gasteiger partial charge in [-0.3, -0.25) is 9.69 Å². The topological polar surface area (TPSA) is 51.2 Å². The molecule has 156 valence electrons. The van der Waals surface area contributed by atoms with Crippen LogP contribution in [0.3, 0.4) is 0 Å². The number of carbonyl (C=O) groups excluding carboxylic acids is 1. The zero-order valence-corrected chi connectivity index (χ0v) is 17.5. The summed E-state index contributed by atoms with van der Waals surface area (Å²) in [6.45, 7) is 3.26. The lowest BCUT2D eigenvalue weighted by Crippen LogP contribution is -2.47. The molecule has 1 saturated heterocycles. The maximum absolute atomic E-state index is 12.2. The van der Waals surface area contributed by atoms with Gasteiger partial charge in [-0.25, -0.2) is 0 Å². The number of methoxy groups -OCH3 is 1. The Morgan fingerprint density at radius 3 is 2.72 bits per heavy atom. The van der Waals surface area contributed by atoms with Gasteiger partial charge in [0, 0.05) is 51.3 Å². The normalized spacial score (nSPS) is 17.0. The Hall–Kier alpha value is -2.57. The number of morpholine rings is 1. The van der Waals surface area contributed by atoms with Crippen molar-refractivity contribution in [2.75, 3.05) is 41.0 Å². The van der Waals surface area contributed by atoms with Crippen molar-refractivity contribution in [2.45, 2.75) is 25.6 Å². The minimum Gasteiger partial charge on any atom is -0.496 e. The van der Waals surface area contributed by atoms with Crippen LogP contribution in [-0.2, 0) is 22.7 Å². The SMILES string of the molecule is COc1cc(OCc2ccccc2)ccc1CN1CCOC[C@H]1CC(=O)N(C)C. The molecule has 3 rings (SSSR count). The second-order valence-corrected chi connectivity index (χ2v) is 7.44. The van der Waals surface area contributed by atoms with Crippen molar-refractivity contribution in [1.82, 2.24) is 9.80 Å². The molecular formula is C23H30N2O4. The predicted molar refractivity (Wildman–Crippen MR) is 112 cm³/mol. The lowest BCUT2D eigenvalue weighted by Gasteiger charge is -2.36. The molecule has 2 aromatic rings. The molecule has 1 heterocycles. The first kappa shape index (κ1) is 21.1. The number of hydrogen-bond acceptors (Lipinski definition) is 5. The minimum atomic E-state index is 0.0670. The second kappa shape index (κ2) is 10.3.